The summed E-state index contributed by atoms with van der Waals surface area (Å²) in [6.45, 7) is 1.87. The maximum atomic E-state index is 13.1. The fraction of sp³-hybridized carbons (Fsp3) is 0.136. The molecular weight excluding hydrogens is 417 g/mol. The van der Waals surface area contributed by atoms with Gasteiger partial charge in [-0.05, 0) is 41.8 Å². The highest BCUT2D eigenvalue weighted by molar-refractivity contribution is 6.40. The van der Waals surface area contributed by atoms with Crippen LogP contribution in [0.5, 0.6) is 5.75 Å². The Kier molecular flexibility index (Phi) is 5.00. The molecule has 1 unspecified atom stereocenters. The molecule has 142 valence electrons. The number of aromatic hydroxyl groups is 1. The molecular formula is C22H16Cl3NO2. The predicted molar refractivity (Wildman–Crippen MR) is 115 cm³/mol. The molecule has 0 saturated carbocycles. The summed E-state index contributed by atoms with van der Waals surface area (Å²) in [5.74, 6) is -0.381. The van der Waals surface area contributed by atoms with Crippen LogP contribution in [-0.2, 0) is 11.2 Å². The van der Waals surface area contributed by atoms with Crippen molar-refractivity contribution in [1.29, 1.82) is 0 Å². The van der Waals surface area contributed by atoms with Crippen LogP contribution in [-0.4, -0.2) is 11.0 Å². The Labute approximate surface area is 178 Å². The molecule has 4 rings (SSSR count). The number of halogens is 3. The zero-order valence-electron chi connectivity index (χ0n) is 14.9. The van der Waals surface area contributed by atoms with E-state index >= 15 is 0 Å². The lowest BCUT2D eigenvalue weighted by Gasteiger charge is -2.35. The summed E-state index contributed by atoms with van der Waals surface area (Å²) >= 11 is 19.2. The fourth-order valence-corrected chi connectivity index (χ4v) is 4.45. The van der Waals surface area contributed by atoms with Crippen LogP contribution < -0.4 is 4.90 Å². The molecule has 6 heteroatoms. The summed E-state index contributed by atoms with van der Waals surface area (Å²) < 4.78 is 0. The van der Waals surface area contributed by atoms with E-state index < -0.39 is 0 Å². The number of amides is 1. The molecule has 1 aliphatic heterocycles. The first-order valence-corrected chi connectivity index (χ1v) is 9.90. The van der Waals surface area contributed by atoms with E-state index in [1.54, 1.807) is 36.4 Å². The van der Waals surface area contributed by atoms with Crippen LogP contribution in [0.1, 0.15) is 12.5 Å². The van der Waals surface area contributed by atoms with Crippen LogP contribution in [0.2, 0.25) is 15.1 Å². The molecule has 0 fully saturated rings. The van der Waals surface area contributed by atoms with E-state index in [2.05, 4.69) is 0 Å². The van der Waals surface area contributed by atoms with Gasteiger partial charge in [0.05, 0.1) is 21.4 Å². The molecule has 3 aromatic carbocycles. The van der Waals surface area contributed by atoms with Crippen LogP contribution >= 0.6 is 34.8 Å². The van der Waals surface area contributed by atoms with Crippen LogP contribution in [0.15, 0.2) is 54.6 Å². The van der Waals surface area contributed by atoms with E-state index in [0.717, 1.165) is 16.7 Å². The standard InChI is InChI=1S/C22H16Cl3NO2/c1-12-9-16-15(14-5-2-3-6-17(14)23)10-13(27)11-20(16)26(22(12)28)21-18(24)7-4-8-19(21)25/h2-8,10-12,27H,9H2,1H3. The Hall–Kier alpha value is -2.20. The minimum Gasteiger partial charge on any atom is -0.508 e. The summed E-state index contributed by atoms with van der Waals surface area (Å²) in [6.07, 6.45) is 0.521. The van der Waals surface area contributed by atoms with Gasteiger partial charge in [-0.1, -0.05) is 66.0 Å². The molecule has 3 aromatic rings. The average molecular weight is 433 g/mol. The van der Waals surface area contributed by atoms with Gasteiger partial charge in [0.15, 0.2) is 0 Å². The first-order valence-electron chi connectivity index (χ1n) is 8.77. The molecule has 0 spiro atoms. The number of carbonyl (C=O) groups excluding carboxylic acids is 1. The number of nitrogens with zero attached hydrogens (tertiary/aromatic N) is 1. The largest absolute Gasteiger partial charge is 0.508 e. The van der Waals surface area contributed by atoms with Crippen molar-refractivity contribution < 1.29 is 9.90 Å². The van der Waals surface area contributed by atoms with E-state index in [1.165, 1.54) is 4.90 Å². The monoisotopic (exact) mass is 431 g/mol. The highest BCUT2D eigenvalue weighted by Gasteiger charge is 2.35. The minimum atomic E-state index is -0.286. The van der Waals surface area contributed by atoms with Gasteiger partial charge in [0.1, 0.15) is 5.75 Å². The molecule has 0 bridgehead atoms. The van der Waals surface area contributed by atoms with E-state index in [9.17, 15) is 9.90 Å². The summed E-state index contributed by atoms with van der Waals surface area (Å²) in [6, 6.07) is 15.8. The average Bonchev–Trinajstić information content (AvgIpc) is 2.65. The molecule has 1 atom stereocenters. The van der Waals surface area contributed by atoms with Gasteiger partial charge < -0.3 is 5.11 Å². The third-order valence-corrected chi connectivity index (χ3v) is 5.87. The highest BCUT2D eigenvalue weighted by atomic mass is 35.5. The van der Waals surface area contributed by atoms with Gasteiger partial charge in [0, 0.05) is 22.6 Å². The van der Waals surface area contributed by atoms with Crippen molar-refractivity contribution in [2.45, 2.75) is 13.3 Å². The summed E-state index contributed by atoms with van der Waals surface area (Å²) in [4.78, 5) is 14.6. The molecule has 1 heterocycles. The van der Waals surface area contributed by atoms with Crippen LogP contribution in [0.25, 0.3) is 11.1 Å². The van der Waals surface area contributed by atoms with Gasteiger partial charge in [-0.3, -0.25) is 9.69 Å². The maximum absolute atomic E-state index is 13.1. The zero-order chi connectivity index (χ0) is 20.0. The summed E-state index contributed by atoms with van der Waals surface area (Å²) in [7, 11) is 0. The Morgan fingerprint density at radius 2 is 1.57 bits per heavy atom. The van der Waals surface area contributed by atoms with Crippen LogP contribution in [0, 0.1) is 5.92 Å². The number of phenols is 1. The van der Waals surface area contributed by atoms with Crippen molar-refractivity contribution >= 4 is 52.1 Å². The SMILES string of the molecule is CC1Cc2c(-c3ccccc3Cl)cc(O)cc2N(c2c(Cl)cccc2Cl)C1=O. The molecule has 1 aliphatic rings. The third-order valence-electron chi connectivity index (χ3n) is 4.93. The van der Waals surface area contributed by atoms with Gasteiger partial charge in [-0.15, -0.1) is 0 Å². The van der Waals surface area contributed by atoms with Gasteiger partial charge in [-0.2, -0.15) is 0 Å². The highest BCUT2D eigenvalue weighted by Crippen LogP contribution is 2.47. The Bertz CT molecular complexity index is 1080. The van der Waals surface area contributed by atoms with E-state index in [0.29, 0.717) is 32.9 Å². The lowest BCUT2D eigenvalue weighted by atomic mass is 9.86. The predicted octanol–water partition coefficient (Wildman–Crippen LogP) is 6.88. The fourth-order valence-electron chi connectivity index (χ4n) is 3.64. The Balaban J connectivity index is 2.02. The van der Waals surface area contributed by atoms with Crippen molar-refractivity contribution in [3.8, 4) is 16.9 Å². The molecule has 28 heavy (non-hydrogen) atoms. The molecule has 0 saturated heterocycles. The van der Waals surface area contributed by atoms with E-state index in [1.807, 2.05) is 25.1 Å². The number of para-hydroxylation sites is 1. The number of hydrogen-bond donors (Lipinski definition) is 1. The quantitative estimate of drug-likeness (QED) is 0.479. The first-order chi connectivity index (χ1) is 13.4. The molecule has 0 aliphatic carbocycles. The van der Waals surface area contributed by atoms with E-state index in [-0.39, 0.29) is 17.6 Å². The second kappa shape index (κ2) is 7.32. The van der Waals surface area contributed by atoms with Gasteiger partial charge in [-0.25, -0.2) is 0 Å². The molecule has 1 amide bonds. The van der Waals surface area contributed by atoms with Crippen molar-refractivity contribution in [3.63, 3.8) is 0 Å². The van der Waals surface area contributed by atoms with E-state index in [4.69, 9.17) is 34.8 Å². The number of benzene rings is 3. The molecule has 1 N–H and O–H groups in total. The number of anilines is 2. The molecule has 0 aromatic heterocycles. The zero-order valence-corrected chi connectivity index (χ0v) is 17.2. The Morgan fingerprint density at radius 3 is 2.25 bits per heavy atom. The number of fused-ring (bicyclic) bond motifs is 1. The third kappa shape index (κ3) is 3.14. The number of rotatable bonds is 2. The number of phenolic OH excluding ortho intramolecular Hbond substituents is 1. The minimum absolute atomic E-state index is 0.0317. The first kappa shape index (κ1) is 19.1. The maximum Gasteiger partial charge on any atom is 0.234 e. The number of hydrogen-bond acceptors (Lipinski definition) is 2. The number of carbonyl (C=O) groups is 1. The lowest BCUT2D eigenvalue weighted by Crippen LogP contribution is -2.37. The lowest BCUT2D eigenvalue weighted by molar-refractivity contribution is -0.121. The Morgan fingerprint density at radius 1 is 0.929 bits per heavy atom. The van der Waals surface area contributed by atoms with Gasteiger partial charge in [0.25, 0.3) is 0 Å². The van der Waals surface area contributed by atoms with Crippen molar-refractivity contribution in [2.24, 2.45) is 5.92 Å². The smallest absolute Gasteiger partial charge is 0.234 e. The van der Waals surface area contributed by atoms with Gasteiger partial charge >= 0.3 is 0 Å². The molecule has 3 nitrogen and oxygen atoms in total. The van der Waals surface area contributed by atoms with Crippen molar-refractivity contribution in [2.75, 3.05) is 4.90 Å². The second-order valence-corrected chi connectivity index (χ2v) is 8.04. The topological polar surface area (TPSA) is 40.5 Å². The molecule has 0 radical (unpaired) electrons. The van der Waals surface area contributed by atoms with Crippen LogP contribution in [0.3, 0.4) is 0 Å². The van der Waals surface area contributed by atoms with Crippen molar-refractivity contribution in [3.05, 3.63) is 75.2 Å². The summed E-state index contributed by atoms with van der Waals surface area (Å²) in [5.41, 5.74) is 3.47. The normalized spacial score (nSPS) is 16.2. The van der Waals surface area contributed by atoms with Crippen LogP contribution in [0.4, 0.5) is 11.4 Å². The second-order valence-electron chi connectivity index (χ2n) is 6.82. The van der Waals surface area contributed by atoms with Gasteiger partial charge in [0.2, 0.25) is 5.91 Å². The summed E-state index contributed by atoms with van der Waals surface area (Å²) in [5, 5.41) is 11.7. The van der Waals surface area contributed by atoms with Crippen molar-refractivity contribution in [1.82, 2.24) is 0 Å².